The number of nitrogens with one attached hydrogen (secondary N) is 2. The third-order valence-electron chi connectivity index (χ3n) is 5.81. The Morgan fingerprint density at radius 2 is 1.81 bits per heavy atom. The SMILES string of the molecule is O=C(NO)C1(NS(=O)(=O)c2ccc3c4c(oc3c2)CCCCC4)CCCC1. The van der Waals surface area contributed by atoms with E-state index in [2.05, 4.69) is 4.72 Å². The van der Waals surface area contributed by atoms with Crippen LogP contribution in [0.25, 0.3) is 11.0 Å². The molecule has 1 amide bonds. The van der Waals surface area contributed by atoms with E-state index < -0.39 is 21.5 Å². The first kappa shape index (κ1) is 18.5. The first-order valence-electron chi connectivity index (χ1n) is 9.48. The lowest BCUT2D eigenvalue weighted by atomic mass is 9.99. The van der Waals surface area contributed by atoms with Gasteiger partial charge in [-0.05, 0) is 44.2 Å². The zero-order valence-electron chi connectivity index (χ0n) is 15.1. The average Bonchev–Trinajstić information content (AvgIpc) is 3.18. The maximum Gasteiger partial charge on any atom is 0.264 e. The minimum atomic E-state index is -3.94. The van der Waals surface area contributed by atoms with Crippen molar-refractivity contribution in [2.75, 3.05) is 0 Å². The van der Waals surface area contributed by atoms with Gasteiger partial charge < -0.3 is 4.42 Å². The van der Waals surface area contributed by atoms with E-state index in [0.717, 1.165) is 49.7 Å². The van der Waals surface area contributed by atoms with Crippen molar-refractivity contribution in [2.45, 2.75) is 68.2 Å². The quantitative estimate of drug-likeness (QED) is 0.421. The fourth-order valence-electron chi connectivity index (χ4n) is 4.37. The van der Waals surface area contributed by atoms with Gasteiger partial charge in [0.1, 0.15) is 16.9 Å². The summed E-state index contributed by atoms with van der Waals surface area (Å²) in [5, 5.41) is 10.0. The van der Waals surface area contributed by atoms with Gasteiger partial charge in [-0.2, -0.15) is 4.72 Å². The molecule has 8 heteroatoms. The molecule has 0 unspecified atom stereocenters. The number of aryl methyl sites for hydroxylation is 2. The van der Waals surface area contributed by atoms with Crippen molar-refractivity contribution in [1.29, 1.82) is 0 Å². The number of furan rings is 1. The largest absolute Gasteiger partial charge is 0.461 e. The molecular weight excluding hydrogens is 368 g/mol. The zero-order chi connectivity index (χ0) is 19.1. The fourth-order valence-corrected chi connectivity index (χ4v) is 5.80. The molecule has 2 aromatic rings. The number of benzene rings is 1. The zero-order valence-corrected chi connectivity index (χ0v) is 15.9. The summed E-state index contributed by atoms with van der Waals surface area (Å²) in [4.78, 5) is 12.2. The van der Waals surface area contributed by atoms with Crippen LogP contribution in [-0.4, -0.2) is 25.1 Å². The summed E-state index contributed by atoms with van der Waals surface area (Å²) in [5.74, 6) is 0.242. The molecule has 4 rings (SSSR count). The highest BCUT2D eigenvalue weighted by Gasteiger charge is 2.44. The molecule has 27 heavy (non-hydrogen) atoms. The van der Waals surface area contributed by atoms with Crippen molar-refractivity contribution >= 4 is 26.9 Å². The number of amides is 1. The van der Waals surface area contributed by atoms with Crippen molar-refractivity contribution < 1.29 is 22.8 Å². The number of fused-ring (bicyclic) bond motifs is 3. The van der Waals surface area contributed by atoms with Crippen LogP contribution >= 0.6 is 0 Å². The van der Waals surface area contributed by atoms with Crippen LogP contribution in [0.5, 0.6) is 0 Å². The van der Waals surface area contributed by atoms with Crippen LogP contribution in [0.15, 0.2) is 27.5 Å². The highest BCUT2D eigenvalue weighted by Crippen LogP contribution is 2.34. The Bertz CT molecular complexity index is 973. The smallest absolute Gasteiger partial charge is 0.264 e. The molecule has 2 aliphatic carbocycles. The summed E-state index contributed by atoms with van der Waals surface area (Å²) >= 11 is 0. The summed E-state index contributed by atoms with van der Waals surface area (Å²) in [6, 6.07) is 4.89. The topological polar surface area (TPSA) is 109 Å². The third-order valence-corrected chi connectivity index (χ3v) is 7.35. The Hall–Kier alpha value is -1.90. The van der Waals surface area contributed by atoms with Gasteiger partial charge in [-0.25, -0.2) is 13.9 Å². The van der Waals surface area contributed by atoms with Gasteiger partial charge >= 0.3 is 0 Å². The molecule has 0 atom stereocenters. The number of hydrogen-bond acceptors (Lipinski definition) is 5. The lowest BCUT2D eigenvalue weighted by molar-refractivity contribution is -0.135. The van der Waals surface area contributed by atoms with E-state index in [9.17, 15) is 13.2 Å². The van der Waals surface area contributed by atoms with Gasteiger partial charge in [0.25, 0.3) is 5.91 Å². The second kappa shape index (κ2) is 6.92. The average molecular weight is 392 g/mol. The van der Waals surface area contributed by atoms with Crippen molar-refractivity contribution in [3.05, 3.63) is 29.5 Å². The molecule has 0 aliphatic heterocycles. The summed E-state index contributed by atoms with van der Waals surface area (Å²) in [5.41, 5.74) is 2.06. The third kappa shape index (κ3) is 3.26. The molecule has 1 aromatic carbocycles. The second-order valence-electron chi connectivity index (χ2n) is 7.56. The molecule has 1 aromatic heterocycles. The lowest BCUT2D eigenvalue weighted by Crippen LogP contribution is -2.56. The maximum atomic E-state index is 12.9. The number of carbonyl (C=O) groups excluding carboxylic acids is 1. The number of sulfonamides is 1. The first-order valence-corrected chi connectivity index (χ1v) is 11.0. The van der Waals surface area contributed by atoms with Gasteiger partial charge in [-0.1, -0.05) is 19.3 Å². The lowest BCUT2D eigenvalue weighted by Gasteiger charge is -2.27. The minimum Gasteiger partial charge on any atom is -0.461 e. The van der Waals surface area contributed by atoms with Crippen LogP contribution < -0.4 is 10.2 Å². The van der Waals surface area contributed by atoms with Crippen molar-refractivity contribution in [3.63, 3.8) is 0 Å². The molecule has 1 fully saturated rings. The van der Waals surface area contributed by atoms with Crippen LogP contribution in [-0.2, 0) is 27.7 Å². The molecule has 7 nitrogen and oxygen atoms in total. The van der Waals surface area contributed by atoms with E-state index in [-0.39, 0.29) is 4.90 Å². The second-order valence-corrected chi connectivity index (χ2v) is 9.24. The van der Waals surface area contributed by atoms with Gasteiger partial charge in [0.15, 0.2) is 0 Å². The van der Waals surface area contributed by atoms with E-state index in [1.807, 2.05) is 0 Å². The number of rotatable bonds is 4. The van der Waals surface area contributed by atoms with Gasteiger partial charge in [0, 0.05) is 23.4 Å². The predicted octanol–water partition coefficient (Wildman–Crippen LogP) is 2.80. The van der Waals surface area contributed by atoms with E-state index in [1.54, 1.807) is 17.6 Å². The Morgan fingerprint density at radius 1 is 1.07 bits per heavy atom. The van der Waals surface area contributed by atoms with Crippen LogP contribution in [0.2, 0.25) is 0 Å². The van der Waals surface area contributed by atoms with E-state index in [1.165, 1.54) is 18.1 Å². The molecular formula is C19H24N2O5S. The summed E-state index contributed by atoms with van der Waals surface area (Å²) in [6.45, 7) is 0. The standard InChI is InChI=1S/C19H24N2O5S/c22-18(20-23)19(10-4-5-11-19)21-27(24,25)13-8-9-15-14-6-2-1-3-7-16(14)26-17(15)12-13/h8-9,12,21,23H,1-7,10-11H2,(H,20,22). The number of carbonyl (C=O) groups is 1. The molecule has 0 bridgehead atoms. The summed E-state index contributed by atoms with van der Waals surface area (Å²) in [7, 11) is -3.94. The van der Waals surface area contributed by atoms with Crippen LogP contribution in [0.4, 0.5) is 0 Å². The molecule has 1 saturated carbocycles. The van der Waals surface area contributed by atoms with Crippen LogP contribution in [0.3, 0.4) is 0 Å². The molecule has 2 aliphatic rings. The Kier molecular flexibility index (Phi) is 4.73. The number of hydroxylamine groups is 1. The summed E-state index contributed by atoms with van der Waals surface area (Å²) < 4.78 is 34.4. The molecule has 1 heterocycles. The highest BCUT2D eigenvalue weighted by atomic mass is 32.2. The van der Waals surface area contributed by atoms with Crippen molar-refractivity contribution in [2.24, 2.45) is 0 Å². The first-order chi connectivity index (χ1) is 13.0. The minimum absolute atomic E-state index is 0.0657. The molecule has 0 spiro atoms. The van der Waals surface area contributed by atoms with Gasteiger partial charge in [0.2, 0.25) is 10.0 Å². The van der Waals surface area contributed by atoms with E-state index >= 15 is 0 Å². The molecule has 0 saturated heterocycles. The normalized spacial score (nSPS) is 19.6. The monoisotopic (exact) mass is 392 g/mol. The Morgan fingerprint density at radius 3 is 2.56 bits per heavy atom. The maximum absolute atomic E-state index is 12.9. The van der Waals surface area contributed by atoms with Crippen molar-refractivity contribution in [3.8, 4) is 0 Å². The molecule has 146 valence electrons. The Labute approximate surface area is 158 Å². The van der Waals surface area contributed by atoms with Crippen molar-refractivity contribution in [1.82, 2.24) is 10.2 Å². The molecule has 0 radical (unpaired) electrons. The highest BCUT2D eigenvalue weighted by molar-refractivity contribution is 7.89. The van der Waals surface area contributed by atoms with Gasteiger partial charge in [0.05, 0.1) is 4.90 Å². The predicted molar refractivity (Wildman–Crippen MR) is 98.9 cm³/mol. The van der Waals surface area contributed by atoms with E-state index in [4.69, 9.17) is 9.62 Å². The van der Waals surface area contributed by atoms with Gasteiger partial charge in [-0.3, -0.25) is 10.0 Å². The molecule has 3 N–H and O–H groups in total. The van der Waals surface area contributed by atoms with Gasteiger partial charge in [-0.15, -0.1) is 0 Å². The Balaban J connectivity index is 1.69. The fraction of sp³-hybridized carbons (Fsp3) is 0.526. The van der Waals surface area contributed by atoms with E-state index in [0.29, 0.717) is 18.4 Å². The van der Waals surface area contributed by atoms with Crippen LogP contribution in [0, 0.1) is 0 Å². The number of hydrogen-bond donors (Lipinski definition) is 3. The summed E-state index contributed by atoms with van der Waals surface area (Å²) in [6.07, 6.45) is 7.36. The van der Waals surface area contributed by atoms with Crippen LogP contribution in [0.1, 0.15) is 56.3 Å².